The Kier molecular flexibility index (Phi) is 3.93. The van der Waals surface area contributed by atoms with E-state index in [-0.39, 0.29) is 28.9 Å². The van der Waals surface area contributed by atoms with Gasteiger partial charge < -0.3 is 15.5 Å². The second-order valence-electron chi connectivity index (χ2n) is 4.67. The molecular weight excluding hydrogens is 274 g/mol. The summed E-state index contributed by atoms with van der Waals surface area (Å²) in [5.74, 6) is 1.01. The monoisotopic (exact) mass is 289 g/mol. The molecule has 7 nitrogen and oxygen atoms in total. The van der Waals surface area contributed by atoms with Gasteiger partial charge >= 0.3 is 0 Å². The Morgan fingerprint density at radius 3 is 2.62 bits per heavy atom. The molecule has 1 heterocycles. The van der Waals surface area contributed by atoms with Gasteiger partial charge in [-0.15, -0.1) is 0 Å². The highest BCUT2D eigenvalue weighted by Gasteiger charge is 2.17. The summed E-state index contributed by atoms with van der Waals surface area (Å²) in [6.45, 7) is 3.60. The van der Waals surface area contributed by atoms with Crippen LogP contribution < -0.4 is 11.1 Å². The fourth-order valence-electron chi connectivity index (χ4n) is 1.90. The molecule has 0 bridgehead atoms. The van der Waals surface area contributed by atoms with Crippen molar-refractivity contribution < 1.29 is 14.1 Å². The lowest BCUT2D eigenvalue weighted by Gasteiger charge is -2.11. The van der Waals surface area contributed by atoms with Gasteiger partial charge in [-0.3, -0.25) is 14.9 Å². The number of nitro groups is 1. The number of carbonyl (C=O) groups is 1. The van der Waals surface area contributed by atoms with Crippen molar-refractivity contribution in [1.82, 2.24) is 5.32 Å². The molecule has 1 unspecified atom stereocenters. The van der Waals surface area contributed by atoms with Gasteiger partial charge in [0.25, 0.3) is 11.6 Å². The van der Waals surface area contributed by atoms with Crippen LogP contribution in [-0.2, 0) is 0 Å². The molecule has 0 radical (unpaired) electrons. The average Bonchev–Trinajstić information content (AvgIpc) is 2.84. The van der Waals surface area contributed by atoms with Crippen molar-refractivity contribution in [2.75, 3.05) is 5.73 Å². The van der Waals surface area contributed by atoms with Crippen molar-refractivity contribution in [3.05, 3.63) is 57.5 Å². The summed E-state index contributed by atoms with van der Waals surface area (Å²) in [7, 11) is 0. The molecule has 7 heteroatoms. The van der Waals surface area contributed by atoms with E-state index in [0.717, 1.165) is 5.76 Å². The molecule has 0 aliphatic heterocycles. The third-order valence-electron chi connectivity index (χ3n) is 3.02. The molecule has 2 aromatic rings. The van der Waals surface area contributed by atoms with Crippen LogP contribution in [0.4, 0.5) is 11.4 Å². The van der Waals surface area contributed by atoms with E-state index in [4.69, 9.17) is 10.2 Å². The van der Waals surface area contributed by atoms with E-state index in [9.17, 15) is 14.9 Å². The van der Waals surface area contributed by atoms with Crippen LogP contribution in [0.2, 0.25) is 0 Å². The molecule has 1 aromatic carbocycles. The van der Waals surface area contributed by atoms with Crippen LogP contribution in [0.15, 0.2) is 34.7 Å². The normalized spacial score (nSPS) is 11.9. The molecule has 3 N–H and O–H groups in total. The van der Waals surface area contributed by atoms with Gasteiger partial charge in [-0.05, 0) is 38.1 Å². The number of carbonyl (C=O) groups excluding carboxylic acids is 1. The number of nitrogen functional groups attached to an aromatic ring is 1. The molecule has 0 saturated heterocycles. The van der Waals surface area contributed by atoms with E-state index < -0.39 is 4.92 Å². The third-order valence-corrected chi connectivity index (χ3v) is 3.02. The summed E-state index contributed by atoms with van der Waals surface area (Å²) in [6, 6.07) is 7.14. The lowest BCUT2D eigenvalue weighted by atomic mass is 10.1. The maximum Gasteiger partial charge on any atom is 0.292 e. The van der Waals surface area contributed by atoms with Crippen molar-refractivity contribution >= 4 is 17.3 Å². The molecule has 0 saturated carbocycles. The van der Waals surface area contributed by atoms with E-state index >= 15 is 0 Å². The summed E-state index contributed by atoms with van der Waals surface area (Å²) in [5, 5.41) is 13.4. The minimum Gasteiger partial charge on any atom is -0.464 e. The number of amides is 1. The predicted molar refractivity (Wildman–Crippen MR) is 76.8 cm³/mol. The van der Waals surface area contributed by atoms with E-state index in [2.05, 4.69) is 5.32 Å². The molecule has 21 heavy (non-hydrogen) atoms. The van der Waals surface area contributed by atoms with Gasteiger partial charge in [0.2, 0.25) is 0 Å². The standard InChI is InChI=1S/C14H15N3O4/c1-8-3-6-13(21-8)9(2)16-14(18)10-4-5-12(17(19)20)11(15)7-10/h3-7,9H,15H2,1-2H3,(H,16,18). The van der Waals surface area contributed by atoms with E-state index in [1.165, 1.54) is 18.2 Å². The van der Waals surface area contributed by atoms with Crippen LogP contribution in [0.25, 0.3) is 0 Å². The van der Waals surface area contributed by atoms with Crippen LogP contribution in [0, 0.1) is 17.0 Å². The minimum absolute atomic E-state index is 0.0471. The van der Waals surface area contributed by atoms with E-state index in [1.54, 1.807) is 13.0 Å². The number of benzene rings is 1. The summed E-state index contributed by atoms with van der Waals surface area (Å²) in [4.78, 5) is 22.2. The smallest absolute Gasteiger partial charge is 0.292 e. The molecule has 0 spiro atoms. The fraction of sp³-hybridized carbons (Fsp3) is 0.214. The van der Waals surface area contributed by atoms with Crippen LogP contribution in [-0.4, -0.2) is 10.8 Å². The number of nitro benzene ring substituents is 1. The van der Waals surface area contributed by atoms with Crippen molar-refractivity contribution in [3.8, 4) is 0 Å². The molecule has 1 aromatic heterocycles. The topological polar surface area (TPSA) is 111 Å². The highest BCUT2D eigenvalue weighted by molar-refractivity contribution is 5.95. The van der Waals surface area contributed by atoms with Gasteiger partial charge in [0.05, 0.1) is 11.0 Å². The zero-order valence-corrected chi connectivity index (χ0v) is 11.6. The van der Waals surface area contributed by atoms with Gasteiger partial charge in [0, 0.05) is 11.6 Å². The number of aryl methyl sites for hydroxylation is 1. The fourth-order valence-corrected chi connectivity index (χ4v) is 1.90. The second kappa shape index (κ2) is 5.66. The number of nitrogens with zero attached hydrogens (tertiary/aromatic N) is 1. The van der Waals surface area contributed by atoms with Gasteiger partial charge in [0.15, 0.2) is 0 Å². The maximum atomic E-state index is 12.1. The first-order valence-electron chi connectivity index (χ1n) is 6.29. The maximum absolute atomic E-state index is 12.1. The van der Waals surface area contributed by atoms with Crippen molar-refractivity contribution in [3.63, 3.8) is 0 Å². The zero-order valence-electron chi connectivity index (χ0n) is 11.6. The predicted octanol–water partition coefficient (Wildman–Crippen LogP) is 2.57. The number of hydrogen-bond acceptors (Lipinski definition) is 5. The Balaban J connectivity index is 2.13. The zero-order chi connectivity index (χ0) is 15.6. The first kappa shape index (κ1) is 14.6. The Labute approximate surface area is 120 Å². The highest BCUT2D eigenvalue weighted by atomic mass is 16.6. The number of rotatable bonds is 4. The number of nitrogens with one attached hydrogen (secondary N) is 1. The molecule has 110 valence electrons. The van der Waals surface area contributed by atoms with Gasteiger partial charge in [-0.25, -0.2) is 0 Å². The molecule has 0 aliphatic carbocycles. The molecule has 1 amide bonds. The lowest BCUT2D eigenvalue weighted by molar-refractivity contribution is -0.383. The van der Waals surface area contributed by atoms with Crippen LogP contribution in [0.5, 0.6) is 0 Å². The van der Waals surface area contributed by atoms with Crippen molar-refractivity contribution in [2.24, 2.45) is 0 Å². The lowest BCUT2D eigenvalue weighted by Crippen LogP contribution is -2.26. The Morgan fingerprint density at radius 2 is 2.10 bits per heavy atom. The van der Waals surface area contributed by atoms with Gasteiger partial charge in [-0.2, -0.15) is 0 Å². The summed E-state index contributed by atoms with van der Waals surface area (Å²) in [5.41, 5.74) is 5.55. The molecular formula is C14H15N3O4. The number of anilines is 1. The van der Waals surface area contributed by atoms with Gasteiger partial charge in [-0.1, -0.05) is 0 Å². The minimum atomic E-state index is -0.592. The van der Waals surface area contributed by atoms with Crippen molar-refractivity contribution in [2.45, 2.75) is 19.9 Å². The SMILES string of the molecule is Cc1ccc(C(C)NC(=O)c2ccc([N+](=O)[O-])c(N)c2)o1. The Morgan fingerprint density at radius 1 is 1.38 bits per heavy atom. The summed E-state index contributed by atoms with van der Waals surface area (Å²) >= 11 is 0. The van der Waals surface area contributed by atoms with Crippen LogP contribution in [0.1, 0.15) is 34.8 Å². The summed E-state index contributed by atoms with van der Waals surface area (Å²) < 4.78 is 5.43. The van der Waals surface area contributed by atoms with Crippen molar-refractivity contribution in [1.29, 1.82) is 0 Å². The number of hydrogen-bond donors (Lipinski definition) is 2. The average molecular weight is 289 g/mol. The Bertz CT molecular complexity index is 693. The molecule has 0 aliphatic rings. The first-order chi connectivity index (χ1) is 9.88. The van der Waals surface area contributed by atoms with E-state index in [0.29, 0.717) is 5.76 Å². The second-order valence-corrected chi connectivity index (χ2v) is 4.67. The number of nitrogens with two attached hydrogens (primary N) is 1. The molecule has 1 atom stereocenters. The molecule has 2 rings (SSSR count). The third kappa shape index (κ3) is 3.19. The van der Waals surface area contributed by atoms with Crippen LogP contribution >= 0.6 is 0 Å². The number of furan rings is 1. The van der Waals surface area contributed by atoms with Gasteiger partial charge in [0.1, 0.15) is 17.2 Å². The largest absolute Gasteiger partial charge is 0.464 e. The summed E-state index contributed by atoms with van der Waals surface area (Å²) in [6.07, 6.45) is 0. The highest BCUT2D eigenvalue weighted by Crippen LogP contribution is 2.23. The van der Waals surface area contributed by atoms with E-state index in [1.807, 2.05) is 13.0 Å². The Hall–Kier alpha value is -2.83. The van der Waals surface area contributed by atoms with Crippen LogP contribution in [0.3, 0.4) is 0 Å². The quantitative estimate of drug-likeness (QED) is 0.510. The molecule has 0 fully saturated rings. The first-order valence-corrected chi connectivity index (χ1v) is 6.29.